The highest BCUT2D eigenvalue weighted by molar-refractivity contribution is 6.05. The molecule has 0 aliphatic carbocycles. The Labute approximate surface area is 144 Å². The topological polar surface area (TPSA) is 81.9 Å². The number of pyridine rings is 1. The number of carbonyl (C=O) groups excluding carboxylic acids is 2. The predicted molar refractivity (Wildman–Crippen MR) is 92.1 cm³/mol. The lowest BCUT2D eigenvalue weighted by molar-refractivity contribution is 0.0528. The van der Waals surface area contributed by atoms with Gasteiger partial charge in [-0.1, -0.05) is 6.07 Å². The maximum Gasteiger partial charge on any atom is 0.341 e. The molecule has 1 aromatic carbocycles. The molecule has 1 amide bonds. The minimum absolute atomic E-state index is 0.277. The van der Waals surface area contributed by atoms with Crippen LogP contribution in [0.4, 0.5) is 5.69 Å². The van der Waals surface area contributed by atoms with Gasteiger partial charge in [0.2, 0.25) is 0 Å². The molecule has 3 aromatic rings. The smallest absolute Gasteiger partial charge is 0.341 e. The van der Waals surface area contributed by atoms with Crippen LogP contribution in [0.15, 0.2) is 48.8 Å². The lowest BCUT2D eigenvalue weighted by Crippen LogP contribution is -2.12. The Balaban J connectivity index is 1.87. The van der Waals surface area contributed by atoms with Gasteiger partial charge in [0.25, 0.3) is 5.91 Å². The highest BCUT2D eigenvalue weighted by atomic mass is 16.5. The monoisotopic (exact) mass is 339 g/mol. The molecule has 7 heteroatoms. The van der Waals surface area contributed by atoms with Crippen LogP contribution in [0, 0.1) is 0 Å². The van der Waals surface area contributed by atoms with Crippen molar-refractivity contribution >= 4 is 23.1 Å². The van der Waals surface area contributed by atoms with Gasteiger partial charge in [-0.05, 0) is 37.3 Å². The van der Waals surface area contributed by atoms with Gasteiger partial charge in [-0.15, -0.1) is 0 Å². The molecule has 7 nitrogen and oxygen atoms in total. The molecule has 0 saturated carbocycles. The standard InChI is InChI=1S/C18H17N3O4/c1-3-25-18(23)15-11-19-21-8-7-13(10-16(15)21)20-17(22)12-5-4-6-14(9-12)24-2/h4-11H,3H2,1-2H3,(H,20,22). The number of esters is 1. The van der Waals surface area contributed by atoms with Crippen LogP contribution in [-0.4, -0.2) is 35.2 Å². The minimum Gasteiger partial charge on any atom is -0.497 e. The summed E-state index contributed by atoms with van der Waals surface area (Å²) in [5.74, 6) is -0.127. The highest BCUT2D eigenvalue weighted by Gasteiger charge is 2.15. The van der Waals surface area contributed by atoms with E-state index in [4.69, 9.17) is 9.47 Å². The number of hydrogen-bond donors (Lipinski definition) is 1. The second-order valence-corrected chi connectivity index (χ2v) is 5.21. The first-order chi connectivity index (χ1) is 12.1. The fourth-order valence-corrected chi connectivity index (χ4v) is 2.39. The van der Waals surface area contributed by atoms with Crippen LogP contribution in [0.3, 0.4) is 0 Å². The van der Waals surface area contributed by atoms with E-state index in [9.17, 15) is 9.59 Å². The Hall–Kier alpha value is -3.35. The van der Waals surface area contributed by atoms with Crippen molar-refractivity contribution in [2.24, 2.45) is 0 Å². The van der Waals surface area contributed by atoms with E-state index in [-0.39, 0.29) is 12.5 Å². The van der Waals surface area contributed by atoms with Gasteiger partial charge in [0.15, 0.2) is 0 Å². The number of nitrogens with one attached hydrogen (secondary N) is 1. The van der Waals surface area contributed by atoms with Crippen molar-refractivity contribution in [1.29, 1.82) is 0 Å². The molecule has 25 heavy (non-hydrogen) atoms. The van der Waals surface area contributed by atoms with E-state index >= 15 is 0 Å². The average Bonchev–Trinajstić information content (AvgIpc) is 3.05. The van der Waals surface area contributed by atoms with E-state index in [1.54, 1.807) is 61.1 Å². The zero-order valence-corrected chi connectivity index (χ0v) is 13.9. The Kier molecular flexibility index (Phi) is 4.65. The molecule has 0 radical (unpaired) electrons. The normalized spacial score (nSPS) is 10.5. The number of carbonyl (C=O) groups is 2. The number of benzene rings is 1. The van der Waals surface area contributed by atoms with E-state index in [0.717, 1.165) is 0 Å². The van der Waals surface area contributed by atoms with Crippen LogP contribution in [-0.2, 0) is 4.74 Å². The van der Waals surface area contributed by atoms with Gasteiger partial charge < -0.3 is 14.8 Å². The van der Waals surface area contributed by atoms with Crippen LogP contribution in [0.5, 0.6) is 5.75 Å². The molecule has 0 aliphatic heterocycles. The molecule has 2 heterocycles. The van der Waals surface area contributed by atoms with Crippen LogP contribution in [0.25, 0.3) is 5.52 Å². The highest BCUT2D eigenvalue weighted by Crippen LogP contribution is 2.19. The first-order valence-corrected chi connectivity index (χ1v) is 7.72. The zero-order valence-electron chi connectivity index (χ0n) is 13.9. The summed E-state index contributed by atoms with van der Waals surface area (Å²) in [5.41, 5.74) is 1.92. The van der Waals surface area contributed by atoms with E-state index in [1.807, 2.05) is 0 Å². The average molecular weight is 339 g/mol. The fourth-order valence-electron chi connectivity index (χ4n) is 2.39. The summed E-state index contributed by atoms with van der Waals surface area (Å²) in [6.07, 6.45) is 3.11. The minimum atomic E-state index is -0.450. The number of aromatic nitrogens is 2. The van der Waals surface area contributed by atoms with Crippen molar-refractivity contribution in [2.45, 2.75) is 6.92 Å². The number of methoxy groups -OCH3 is 1. The van der Waals surface area contributed by atoms with Gasteiger partial charge in [0.1, 0.15) is 11.3 Å². The maximum atomic E-state index is 12.4. The summed E-state index contributed by atoms with van der Waals surface area (Å²) < 4.78 is 11.7. The van der Waals surface area contributed by atoms with Crippen molar-refractivity contribution in [3.63, 3.8) is 0 Å². The Morgan fingerprint density at radius 3 is 2.84 bits per heavy atom. The van der Waals surface area contributed by atoms with Gasteiger partial charge in [0, 0.05) is 17.4 Å². The fraction of sp³-hybridized carbons (Fsp3) is 0.167. The molecule has 0 fully saturated rings. The molecule has 2 aromatic heterocycles. The zero-order chi connectivity index (χ0) is 17.8. The second-order valence-electron chi connectivity index (χ2n) is 5.21. The van der Waals surface area contributed by atoms with Gasteiger partial charge in [-0.2, -0.15) is 5.10 Å². The van der Waals surface area contributed by atoms with Crippen molar-refractivity contribution in [2.75, 3.05) is 19.0 Å². The molecular formula is C18H17N3O4. The van der Waals surface area contributed by atoms with E-state index in [0.29, 0.717) is 28.1 Å². The summed E-state index contributed by atoms with van der Waals surface area (Å²) in [7, 11) is 1.54. The third-order valence-corrected chi connectivity index (χ3v) is 3.61. The van der Waals surface area contributed by atoms with E-state index in [2.05, 4.69) is 10.4 Å². The van der Waals surface area contributed by atoms with Gasteiger partial charge in [-0.3, -0.25) is 4.79 Å². The van der Waals surface area contributed by atoms with Crippen LogP contribution >= 0.6 is 0 Å². The Bertz CT molecular complexity index is 933. The van der Waals surface area contributed by atoms with Crippen molar-refractivity contribution in [3.05, 3.63) is 59.9 Å². The molecule has 0 aliphatic rings. The molecular weight excluding hydrogens is 322 g/mol. The lowest BCUT2D eigenvalue weighted by Gasteiger charge is -2.07. The molecule has 128 valence electrons. The van der Waals surface area contributed by atoms with E-state index < -0.39 is 5.97 Å². The van der Waals surface area contributed by atoms with Crippen LogP contribution in [0.2, 0.25) is 0 Å². The number of hydrogen-bond acceptors (Lipinski definition) is 5. The molecule has 0 atom stereocenters. The van der Waals surface area contributed by atoms with Crippen LogP contribution in [0.1, 0.15) is 27.6 Å². The SMILES string of the molecule is CCOC(=O)c1cnn2ccc(NC(=O)c3cccc(OC)c3)cc12. The number of rotatable bonds is 5. The summed E-state index contributed by atoms with van der Waals surface area (Å²) in [6.45, 7) is 2.02. The molecule has 0 unspecified atom stereocenters. The molecule has 0 bridgehead atoms. The third-order valence-electron chi connectivity index (χ3n) is 3.61. The quantitative estimate of drug-likeness (QED) is 0.723. The summed E-state index contributed by atoms with van der Waals surface area (Å²) >= 11 is 0. The Morgan fingerprint density at radius 2 is 2.08 bits per heavy atom. The van der Waals surface area contributed by atoms with Crippen molar-refractivity contribution in [3.8, 4) is 5.75 Å². The first-order valence-electron chi connectivity index (χ1n) is 7.72. The number of fused-ring (bicyclic) bond motifs is 1. The molecule has 3 rings (SSSR count). The first kappa shape index (κ1) is 16.5. The molecule has 0 saturated heterocycles. The van der Waals surface area contributed by atoms with Gasteiger partial charge >= 0.3 is 5.97 Å². The van der Waals surface area contributed by atoms with Gasteiger partial charge in [0.05, 0.1) is 25.4 Å². The van der Waals surface area contributed by atoms with Gasteiger partial charge in [-0.25, -0.2) is 9.31 Å². The molecule has 0 spiro atoms. The predicted octanol–water partition coefficient (Wildman–Crippen LogP) is 2.77. The number of anilines is 1. The Morgan fingerprint density at radius 1 is 1.24 bits per heavy atom. The number of nitrogens with zero attached hydrogens (tertiary/aromatic N) is 2. The summed E-state index contributed by atoms with van der Waals surface area (Å²) in [4.78, 5) is 24.4. The number of amides is 1. The summed E-state index contributed by atoms with van der Waals surface area (Å²) in [6, 6.07) is 10.2. The summed E-state index contributed by atoms with van der Waals surface area (Å²) in [5, 5.41) is 6.91. The van der Waals surface area contributed by atoms with Crippen molar-refractivity contribution < 1.29 is 19.1 Å². The number of ether oxygens (including phenoxy) is 2. The lowest BCUT2D eigenvalue weighted by atomic mass is 10.2. The third kappa shape index (κ3) is 3.45. The largest absolute Gasteiger partial charge is 0.497 e. The second kappa shape index (κ2) is 7.04. The molecule has 1 N–H and O–H groups in total. The van der Waals surface area contributed by atoms with Crippen molar-refractivity contribution in [1.82, 2.24) is 9.61 Å². The maximum absolute atomic E-state index is 12.4. The van der Waals surface area contributed by atoms with Crippen LogP contribution < -0.4 is 10.1 Å². The van der Waals surface area contributed by atoms with E-state index in [1.165, 1.54) is 6.20 Å².